The average Bonchev–Trinajstić information content (AvgIpc) is 2.94. The molecule has 0 radical (unpaired) electrons. The molecule has 2 rings (SSSR count). The fourth-order valence-electron chi connectivity index (χ4n) is 2.10. The Bertz CT molecular complexity index is 464. The zero-order valence-corrected chi connectivity index (χ0v) is 11.4. The molecule has 1 atom stereocenters. The number of alkyl carbamates (subject to hydrolysis) is 1. The second-order valence-corrected chi connectivity index (χ2v) is 4.61. The molecule has 1 aliphatic heterocycles. The molecule has 0 aromatic heterocycles. The molecule has 0 aliphatic carbocycles. The van der Waals surface area contributed by atoms with Gasteiger partial charge < -0.3 is 19.7 Å². The second kappa shape index (κ2) is 6.79. The highest BCUT2D eigenvalue weighted by atomic mass is 16.6. The first-order valence-corrected chi connectivity index (χ1v) is 6.49. The topological polar surface area (TPSA) is 67.9 Å². The number of rotatable bonds is 3. The number of nitrogens with zero attached hydrogens (tertiary/aromatic N) is 1. The number of methoxy groups -OCH3 is 1. The van der Waals surface area contributed by atoms with Crippen molar-refractivity contribution in [3.8, 4) is 0 Å². The number of carbonyl (C=O) groups excluding carboxylic acids is 2. The van der Waals surface area contributed by atoms with E-state index in [4.69, 9.17) is 4.74 Å². The van der Waals surface area contributed by atoms with Crippen LogP contribution in [0.5, 0.6) is 0 Å². The van der Waals surface area contributed by atoms with E-state index in [1.807, 2.05) is 30.3 Å². The summed E-state index contributed by atoms with van der Waals surface area (Å²) in [6.45, 7) is 1.27. The molecular formula is C14H18N2O4. The molecule has 1 aliphatic rings. The molecule has 1 saturated heterocycles. The lowest BCUT2D eigenvalue weighted by atomic mass is 10.2. The van der Waals surface area contributed by atoms with E-state index < -0.39 is 6.09 Å². The van der Waals surface area contributed by atoms with Crippen LogP contribution in [0.2, 0.25) is 0 Å². The predicted octanol–water partition coefficient (Wildman–Crippen LogP) is 1.75. The van der Waals surface area contributed by atoms with Crippen molar-refractivity contribution in [2.75, 3.05) is 20.2 Å². The maximum absolute atomic E-state index is 11.7. The van der Waals surface area contributed by atoms with Gasteiger partial charge in [0, 0.05) is 13.1 Å². The van der Waals surface area contributed by atoms with Gasteiger partial charge in [0.25, 0.3) is 0 Å². The molecule has 1 fully saturated rings. The van der Waals surface area contributed by atoms with Crippen LogP contribution in [0.4, 0.5) is 9.59 Å². The highest BCUT2D eigenvalue weighted by molar-refractivity contribution is 5.69. The fourth-order valence-corrected chi connectivity index (χ4v) is 2.10. The lowest BCUT2D eigenvalue weighted by Gasteiger charge is -2.15. The Labute approximate surface area is 117 Å². The van der Waals surface area contributed by atoms with Gasteiger partial charge in [0.1, 0.15) is 6.61 Å². The average molecular weight is 278 g/mol. The molecule has 0 bridgehead atoms. The molecule has 20 heavy (non-hydrogen) atoms. The van der Waals surface area contributed by atoms with Crippen molar-refractivity contribution in [1.82, 2.24) is 10.2 Å². The fraction of sp³-hybridized carbons (Fsp3) is 0.429. The van der Waals surface area contributed by atoms with Gasteiger partial charge >= 0.3 is 12.2 Å². The first-order valence-electron chi connectivity index (χ1n) is 6.49. The molecule has 1 heterocycles. The van der Waals surface area contributed by atoms with Gasteiger partial charge in [-0.3, -0.25) is 0 Å². The summed E-state index contributed by atoms with van der Waals surface area (Å²) >= 11 is 0. The van der Waals surface area contributed by atoms with Crippen LogP contribution in [0, 0.1) is 0 Å². The lowest BCUT2D eigenvalue weighted by molar-refractivity contribution is 0.127. The third-order valence-electron chi connectivity index (χ3n) is 3.16. The number of ether oxygens (including phenoxy) is 2. The summed E-state index contributed by atoms with van der Waals surface area (Å²) in [5.41, 5.74) is 0.935. The van der Waals surface area contributed by atoms with Gasteiger partial charge in [0.15, 0.2) is 0 Å². The first-order chi connectivity index (χ1) is 9.69. The number of hydrogen-bond donors (Lipinski definition) is 1. The minimum absolute atomic E-state index is 0.0858. The molecule has 1 N–H and O–H groups in total. The number of carbonyl (C=O) groups is 2. The Balaban J connectivity index is 1.72. The third-order valence-corrected chi connectivity index (χ3v) is 3.16. The molecule has 6 heteroatoms. The van der Waals surface area contributed by atoms with E-state index in [1.54, 1.807) is 4.90 Å². The largest absolute Gasteiger partial charge is 0.453 e. The van der Waals surface area contributed by atoms with Gasteiger partial charge in [-0.05, 0) is 12.0 Å². The van der Waals surface area contributed by atoms with Gasteiger partial charge in [-0.2, -0.15) is 0 Å². The molecular weight excluding hydrogens is 260 g/mol. The lowest BCUT2D eigenvalue weighted by Crippen LogP contribution is -2.38. The van der Waals surface area contributed by atoms with E-state index in [-0.39, 0.29) is 18.7 Å². The Morgan fingerprint density at radius 2 is 2.10 bits per heavy atom. The smallest absolute Gasteiger partial charge is 0.409 e. The molecule has 6 nitrogen and oxygen atoms in total. The molecule has 1 aromatic carbocycles. The zero-order chi connectivity index (χ0) is 14.4. The minimum atomic E-state index is -0.467. The molecule has 0 saturated carbocycles. The van der Waals surface area contributed by atoms with Crippen molar-refractivity contribution in [2.45, 2.75) is 19.1 Å². The van der Waals surface area contributed by atoms with Gasteiger partial charge in [-0.15, -0.1) is 0 Å². The van der Waals surface area contributed by atoms with E-state index in [2.05, 4.69) is 10.1 Å². The molecule has 1 aromatic rings. The van der Waals surface area contributed by atoms with Gasteiger partial charge in [0.2, 0.25) is 0 Å². The van der Waals surface area contributed by atoms with Crippen LogP contribution in [-0.4, -0.2) is 43.3 Å². The van der Waals surface area contributed by atoms with E-state index in [9.17, 15) is 9.59 Å². The maximum atomic E-state index is 11.7. The van der Waals surface area contributed by atoms with Crippen molar-refractivity contribution in [3.63, 3.8) is 0 Å². The minimum Gasteiger partial charge on any atom is -0.453 e. The standard InChI is InChI=1S/C14H18N2O4/c1-19-14(18)16-8-7-12(9-16)15-13(17)20-10-11-5-3-2-4-6-11/h2-6,12H,7-10H2,1H3,(H,15,17). The highest BCUT2D eigenvalue weighted by Gasteiger charge is 2.28. The Morgan fingerprint density at radius 3 is 2.80 bits per heavy atom. The van der Waals surface area contributed by atoms with Crippen LogP contribution in [0.25, 0.3) is 0 Å². The van der Waals surface area contributed by atoms with Crippen molar-refractivity contribution in [1.29, 1.82) is 0 Å². The normalized spacial score (nSPS) is 17.6. The Hall–Kier alpha value is -2.24. The number of nitrogens with one attached hydrogen (secondary N) is 1. The monoisotopic (exact) mass is 278 g/mol. The van der Waals surface area contributed by atoms with Crippen LogP contribution in [0.1, 0.15) is 12.0 Å². The quantitative estimate of drug-likeness (QED) is 0.914. The third kappa shape index (κ3) is 3.88. The summed E-state index contributed by atoms with van der Waals surface area (Å²) in [7, 11) is 1.34. The van der Waals surface area contributed by atoms with Gasteiger partial charge in [-0.25, -0.2) is 9.59 Å². The summed E-state index contributed by atoms with van der Waals surface area (Å²) in [6, 6.07) is 9.38. The van der Waals surface area contributed by atoms with Crippen molar-refractivity contribution in [2.24, 2.45) is 0 Å². The summed E-state index contributed by atoms with van der Waals surface area (Å²) in [5.74, 6) is 0. The Morgan fingerprint density at radius 1 is 1.35 bits per heavy atom. The summed E-state index contributed by atoms with van der Waals surface area (Å²) in [6.07, 6.45) is -0.132. The van der Waals surface area contributed by atoms with E-state index in [0.717, 1.165) is 5.56 Å². The SMILES string of the molecule is COC(=O)N1CCC(NC(=O)OCc2ccccc2)C1. The van der Waals surface area contributed by atoms with Crippen LogP contribution in [0.15, 0.2) is 30.3 Å². The van der Waals surface area contributed by atoms with Crippen molar-refractivity contribution >= 4 is 12.2 Å². The van der Waals surface area contributed by atoms with E-state index >= 15 is 0 Å². The number of amides is 2. The van der Waals surface area contributed by atoms with Crippen molar-refractivity contribution < 1.29 is 19.1 Å². The van der Waals surface area contributed by atoms with Crippen LogP contribution in [-0.2, 0) is 16.1 Å². The predicted molar refractivity (Wildman–Crippen MR) is 72.1 cm³/mol. The Kier molecular flexibility index (Phi) is 4.81. The second-order valence-electron chi connectivity index (χ2n) is 4.61. The van der Waals surface area contributed by atoms with E-state index in [1.165, 1.54) is 7.11 Å². The molecule has 108 valence electrons. The first kappa shape index (κ1) is 14.2. The van der Waals surface area contributed by atoms with Gasteiger partial charge in [0.05, 0.1) is 13.2 Å². The van der Waals surface area contributed by atoms with Crippen LogP contribution in [0.3, 0.4) is 0 Å². The summed E-state index contributed by atoms with van der Waals surface area (Å²) < 4.78 is 9.76. The highest BCUT2D eigenvalue weighted by Crippen LogP contribution is 2.10. The number of likely N-dealkylation sites (tertiary alicyclic amines) is 1. The van der Waals surface area contributed by atoms with Gasteiger partial charge in [-0.1, -0.05) is 30.3 Å². The zero-order valence-electron chi connectivity index (χ0n) is 11.4. The van der Waals surface area contributed by atoms with E-state index in [0.29, 0.717) is 19.5 Å². The van der Waals surface area contributed by atoms with Crippen LogP contribution >= 0.6 is 0 Å². The maximum Gasteiger partial charge on any atom is 0.409 e. The summed E-state index contributed by atoms with van der Waals surface area (Å²) in [4.78, 5) is 24.5. The van der Waals surface area contributed by atoms with Crippen LogP contribution < -0.4 is 5.32 Å². The molecule has 0 spiro atoms. The number of benzene rings is 1. The number of hydrogen-bond acceptors (Lipinski definition) is 4. The van der Waals surface area contributed by atoms with Crippen molar-refractivity contribution in [3.05, 3.63) is 35.9 Å². The summed E-state index contributed by atoms with van der Waals surface area (Å²) in [5, 5.41) is 2.75. The molecule has 1 unspecified atom stereocenters. The molecule has 2 amide bonds.